The highest BCUT2D eigenvalue weighted by atomic mass is 35.5. The number of rotatable bonds is 13. The Balaban J connectivity index is 0.00000385. The normalized spacial score (nSPS) is 12.5. The third-order valence-corrected chi connectivity index (χ3v) is 7.43. The molecule has 0 aliphatic carbocycles. The van der Waals surface area contributed by atoms with Gasteiger partial charge in [-0.15, -0.1) is 12.4 Å². The Labute approximate surface area is 203 Å². The van der Waals surface area contributed by atoms with Crippen molar-refractivity contribution < 1.29 is 18.3 Å². The number of aromatic amines is 1. The molecule has 0 fully saturated rings. The minimum Gasteiger partial charge on any atom is -0.506 e. The minimum atomic E-state index is -3.42. The average Bonchev–Trinajstić information content (AvgIpc) is 3.15. The van der Waals surface area contributed by atoms with Crippen LogP contribution in [0.4, 0.5) is 0 Å². The second-order valence-electron chi connectivity index (χ2n) is 7.47. The summed E-state index contributed by atoms with van der Waals surface area (Å²) in [7, 11) is -3.42. The molecule has 3 aromatic rings. The topological polar surface area (TPSA) is 121 Å². The molecule has 0 bridgehead atoms. The van der Waals surface area contributed by atoms with Crippen molar-refractivity contribution in [2.24, 2.45) is 0 Å². The quantitative estimate of drug-likeness (QED) is 0.205. The largest absolute Gasteiger partial charge is 0.506 e. The number of nitrogens with one attached hydrogen (secondary N) is 3. The number of aromatic hydroxyl groups is 1. The maximum absolute atomic E-state index is 12.3. The van der Waals surface area contributed by atoms with Crippen LogP contribution in [0.3, 0.4) is 0 Å². The molecule has 0 aliphatic heterocycles. The van der Waals surface area contributed by atoms with Gasteiger partial charge in [-0.2, -0.15) is 4.72 Å². The first-order valence-electron chi connectivity index (χ1n) is 10.6. The molecule has 182 valence electrons. The zero-order chi connectivity index (χ0) is 23.0. The van der Waals surface area contributed by atoms with Crippen LogP contribution in [0.1, 0.15) is 24.5 Å². The number of aromatic nitrogens is 1. The van der Waals surface area contributed by atoms with Crippen LogP contribution in [0.5, 0.6) is 5.75 Å². The number of ether oxygens (including phenoxy) is 1. The Kier molecular flexibility index (Phi) is 10.8. The molecule has 1 unspecified atom stereocenters. The maximum atomic E-state index is 12.3. The third kappa shape index (κ3) is 8.40. The monoisotopic (exact) mass is 515 g/mol. The third-order valence-electron chi connectivity index (χ3n) is 4.88. The van der Waals surface area contributed by atoms with E-state index in [0.29, 0.717) is 36.2 Å². The fourth-order valence-corrected chi connectivity index (χ4v) is 5.50. The molecule has 0 radical (unpaired) electrons. The average molecular weight is 516 g/mol. The molecule has 0 saturated heterocycles. The van der Waals surface area contributed by atoms with Crippen molar-refractivity contribution >= 4 is 44.0 Å². The van der Waals surface area contributed by atoms with E-state index in [1.807, 2.05) is 37.3 Å². The molecule has 8 nitrogen and oxygen atoms in total. The van der Waals surface area contributed by atoms with E-state index in [1.54, 1.807) is 12.1 Å². The van der Waals surface area contributed by atoms with Crippen molar-refractivity contribution in [2.45, 2.75) is 32.4 Å². The van der Waals surface area contributed by atoms with Crippen molar-refractivity contribution in [1.29, 1.82) is 0 Å². The van der Waals surface area contributed by atoms with Gasteiger partial charge in [0, 0.05) is 6.54 Å². The number of benzene rings is 2. The molecule has 0 saturated carbocycles. The first kappa shape index (κ1) is 27.3. The summed E-state index contributed by atoms with van der Waals surface area (Å²) in [6.45, 7) is 2.95. The van der Waals surface area contributed by atoms with Gasteiger partial charge < -0.3 is 14.8 Å². The first-order valence-corrected chi connectivity index (χ1v) is 13.0. The van der Waals surface area contributed by atoms with Gasteiger partial charge in [-0.3, -0.25) is 10.1 Å². The molecular weight excluding hydrogens is 486 g/mol. The number of halogens is 1. The highest BCUT2D eigenvalue weighted by Crippen LogP contribution is 2.27. The van der Waals surface area contributed by atoms with Crippen LogP contribution in [0.2, 0.25) is 0 Å². The fraction of sp³-hybridized carbons (Fsp3) is 0.409. The molecule has 0 amide bonds. The number of phenols is 1. The number of fused-ring (bicyclic) bond motifs is 1. The molecule has 0 spiro atoms. The highest BCUT2D eigenvalue weighted by Gasteiger charge is 2.17. The van der Waals surface area contributed by atoms with E-state index >= 15 is 0 Å². The van der Waals surface area contributed by atoms with Crippen LogP contribution < -0.4 is 14.9 Å². The molecule has 1 atom stereocenters. The molecule has 33 heavy (non-hydrogen) atoms. The zero-order valence-corrected chi connectivity index (χ0v) is 20.8. The van der Waals surface area contributed by atoms with Crippen molar-refractivity contribution in [3.05, 3.63) is 63.3 Å². The van der Waals surface area contributed by atoms with E-state index in [-0.39, 0.29) is 35.4 Å². The van der Waals surface area contributed by atoms with Crippen LogP contribution >= 0.6 is 23.7 Å². The van der Waals surface area contributed by atoms with Gasteiger partial charge in [-0.05, 0) is 36.5 Å². The Hall–Kier alpha value is -1.95. The fourth-order valence-electron chi connectivity index (χ4n) is 3.37. The summed E-state index contributed by atoms with van der Waals surface area (Å²) < 4.78 is 33.7. The SMILES string of the molecule is CCCS(=O)(=O)NC(COCCc1ccccc1)NCCc1ccc(O)c2[nH]c(=O)sc12.Cl. The van der Waals surface area contributed by atoms with Gasteiger partial charge in [0.15, 0.2) is 0 Å². The van der Waals surface area contributed by atoms with Crippen LogP contribution in [0.15, 0.2) is 47.3 Å². The summed E-state index contributed by atoms with van der Waals surface area (Å²) in [5.74, 6) is 0.0810. The van der Waals surface area contributed by atoms with Gasteiger partial charge in [0.1, 0.15) is 11.3 Å². The standard InChI is InChI=1S/C22H29N3O5S2.ClH/c1-2-14-32(28,29)25-19(15-30-13-11-16-6-4-3-5-7-16)23-12-10-17-8-9-18(26)20-21(17)31-22(27)24-20;/h3-9,19,23,25-26H,2,10-15H2,1H3,(H,24,27);1H. The molecular formula is C22H30ClN3O5S2. The lowest BCUT2D eigenvalue weighted by atomic mass is 10.1. The second kappa shape index (κ2) is 13.1. The molecule has 3 rings (SSSR count). The predicted molar refractivity (Wildman–Crippen MR) is 135 cm³/mol. The summed E-state index contributed by atoms with van der Waals surface area (Å²) in [5, 5.41) is 13.1. The lowest BCUT2D eigenvalue weighted by molar-refractivity contribution is 0.111. The number of sulfonamides is 1. The van der Waals surface area contributed by atoms with Gasteiger partial charge in [0.25, 0.3) is 0 Å². The van der Waals surface area contributed by atoms with Crippen molar-refractivity contribution in [3.8, 4) is 5.75 Å². The van der Waals surface area contributed by atoms with Crippen LogP contribution in [-0.4, -0.2) is 50.2 Å². The van der Waals surface area contributed by atoms with Crippen molar-refractivity contribution in [3.63, 3.8) is 0 Å². The number of hydrogen-bond acceptors (Lipinski definition) is 7. The zero-order valence-electron chi connectivity index (χ0n) is 18.4. The lowest BCUT2D eigenvalue weighted by Gasteiger charge is -2.20. The Morgan fingerprint density at radius 1 is 1.15 bits per heavy atom. The lowest BCUT2D eigenvalue weighted by Crippen LogP contribution is -2.49. The molecule has 11 heteroatoms. The van der Waals surface area contributed by atoms with E-state index in [0.717, 1.165) is 28.9 Å². The molecule has 0 aliphatic rings. The summed E-state index contributed by atoms with van der Waals surface area (Å²) in [6, 6.07) is 13.3. The Bertz CT molecular complexity index is 1170. The van der Waals surface area contributed by atoms with E-state index < -0.39 is 16.2 Å². The van der Waals surface area contributed by atoms with Crippen LogP contribution in [-0.2, 0) is 27.6 Å². The van der Waals surface area contributed by atoms with E-state index in [1.165, 1.54) is 0 Å². The first-order chi connectivity index (χ1) is 15.4. The van der Waals surface area contributed by atoms with Crippen molar-refractivity contribution in [2.75, 3.05) is 25.5 Å². The molecule has 1 aromatic heterocycles. The van der Waals surface area contributed by atoms with Gasteiger partial charge in [0.05, 0.1) is 29.8 Å². The maximum Gasteiger partial charge on any atom is 0.305 e. The predicted octanol–water partition coefficient (Wildman–Crippen LogP) is 2.76. The van der Waals surface area contributed by atoms with Crippen LogP contribution in [0, 0.1) is 0 Å². The summed E-state index contributed by atoms with van der Waals surface area (Å²) in [4.78, 5) is 14.1. The second-order valence-corrected chi connectivity index (χ2v) is 10.3. The van der Waals surface area contributed by atoms with Gasteiger partial charge in [-0.25, -0.2) is 8.42 Å². The smallest absolute Gasteiger partial charge is 0.305 e. The van der Waals surface area contributed by atoms with Crippen LogP contribution in [0.25, 0.3) is 10.2 Å². The molecule has 1 heterocycles. The highest BCUT2D eigenvalue weighted by molar-refractivity contribution is 7.89. The molecule has 4 N–H and O–H groups in total. The Morgan fingerprint density at radius 3 is 2.64 bits per heavy atom. The minimum absolute atomic E-state index is 0. The van der Waals surface area contributed by atoms with Gasteiger partial charge >= 0.3 is 4.87 Å². The van der Waals surface area contributed by atoms with Gasteiger partial charge in [0.2, 0.25) is 10.0 Å². The summed E-state index contributed by atoms with van der Waals surface area (Å²) in [5.41, 5.74) is 2.49. The van der Waals surface area contributed by atoms with Crippen molar-refractivity contribution in [1.82, 2.24) is 15.0 Å². The number of phenolic OH excluding ortho intramolecular Hbond substituents is 1. The number of H-pyrrole nitrogens is 1. The summed E-state index contributed by atoms with van der Waals surface area (Å²) >= 11 is 1.05. The van der Waals surface area contributed by atoms with E-state index in [9.17, 15) is 18.3 Å². The molecule has 2 aromatic carbocycles. The number of thiazole rings is 1. The Morgan fingerprint density at radius 2 is 1.91 bits per heavy atom. The summed E-state index contributed by atoms with van der Waals surface area (Å²) in [6.07, 6.45) is 1.25. The van der Waals surface area contributed by atoms with E-state index in [2.05, 4.69) is 15.0 Å². The van der Waals surface area contributed by atoms with E-state index in [4.69, 9.17) is 4.74 Å². The number of hydrogen-bond donors (Lipinski definition) is 4. The van der Waals surface area contributed by atoms with Gasteiger partial charge in [-0.1, -0.05) is 54.7 Å².